The first-order valence-corrected chi connectivity index (χ1v) is 6.92. The summed E-state index contributed by atoms with van der Waals surface area (Å²) in [6, 6.07) is 11.0. The summed E-state index contributed by atoms with van der Waals surface area (Å²) in [7, 11) is 0. The Morgan fingerprint density at radius 1 is 1.19 bits per heavy atom. The van der Waals surface area contributed by atoms with Gasteiger partial charge >= 0.3 is 0 Å². The normalized spacial score (nSPS) is 10.2. The van der Waals surface area contributed by atoms with E-state index in [9.17, 15) is 4.79 Å². The van der Waals surface area contributed by atoms with Crippen molar-refractivity contribution in [2.24, 2.45) is 0 Å². The fourth-order valence-electron chi connectivity index (χ4n) is 1.98. The summed E-state index contributed by atoms with van der Waals surface area (Å²) in [5, 5.41) is 2.87. The van der Waals surface area contributed by atoms with Gasteiger partial charge in [0.25, 0.3) is 5.91 Å². The molecule has 0 heterocycles. The van der Waals surface area contributed by atoms with Crippen LogP contribution in [0.2, 0.25) is 0 Å². The second-order valence-electron chi connectivity index (χ2n) is 4.96. The molecule has 0 bridgehead atoms. The van der Waals surface area contributed by atoms with Gasteiger partial charge in [-0.1, -0.05) is 12.1 Å². The predicted molar refractivity (Wildman–Crippen MR) is 85.9 cm³/mol. The molecule has 0 atom stereocenters. The number of carbonyl (C=O) groups excluding carboxylic acids is 1. The first-order valence-electron chi connectivity index (χ1n) is 6.92. The van der Waals surface area contributed by atoms with Crippen LogP contribution in [0.15, 0.2) is 36.4 Å². The first kappa shape index (κ1) is 14.9. The molecule has 0 fully saturated rings. The van der Waals surface area contributed by atoms with Gasteiger partial charge in [0.2, 0.25) is 0 Å². The number of carbonyl (C=O) groups is 1. The minimum atomic E-state index is -0.202. The third kappa shape index (κ3) is 3.54. The molecule has 1 amide bonds. The third-order valence-electron chi connectivity index (χ3n) is 3.23. The molecule has 0 unspecified atom stereocenters. The van der Waals surface area contributed by atoms with Crippen molar-refractivity contribution in [3.05, 3.63) is 53.1 Å². The average Bonchev–Trinajstić information content (AvgIpc) is 2.45. The predicted octanol–water partition coefficient (Wildman–Crippen LogP) is 3.54. The second-order valence-corrected chi connectivity index (χ2v) is 4.96. The summed E-state index contributed by atoms with van der Waals surface area (Å²) in [5.74, 6) is 0.470. The van der Waals surface area contributed by atoms with Gasteiger partial charge in [-0.2, -0.15) is 0 Å². The van der Waals surface area contributed by atoms with Crippen LogP contribution in [0.4, 0.5) is 11.4 Å². The Bertz CT molecular complexity index is 666. The lowest BCUT2D eigenvalue weighted by Crippen LogP contribution is -2.13. The maximum Gasteiger partial charge on any atom is 0.255 e. The van der Waals surface area contributed by atoms with E-state index in [1.165, 1.54) is 0 Å². The number of rotatable bonds is 4. The van der Waals surface area contributed by atoms with E-state index >= 15 is 0 Å². The Balaban J connectivity index is 2.24. The SMILES string of the molecule is CCOc1cc(C)ccc1NC(=O)c1ccc(C)c(N)c1. The lowest BCUT2D eigenvalue weighted by Gasteiger charge is -2.13. The highest BCUT2D eigenvalue weighted by Crippen LogP contribution is 2.26. The van der Waals surface area contributed by atoms with Gasteiger partial charge in [-0.15, -0.1) is 0 Å². The van der Waals surface area contributed by atoms with Crippen LogP contribution in [0.1, 0.15) is 28.4 Å². The maximum absolute atomic E-state index is 12.3. The first-order chi connectivity index (χ1) is 10.0. The van der Waals surface area contributed by atoms with Crippen LogP contribution >= 0.6 is 0 Å². The molecule has 3 N–H and O–H groups in total. The van der Waals surface area contributed by atoms with Gasteiger partial charge in [0.1, 0.15) is 5.75 Å². The number of nitrogens with two attached hydrogens (primary N) is 1. The molecule has 4 heteroatoms. The quantitative estimate of drug-likeness (QED) is 0.844. The van der Waals surface area contributed by atoms with Crippen LogP contribution in [0.25, 0.3) is 0 Å². The zero-order valence-electron chi connectivity index (χ0n) is 12.6. The van der Waals surface area contributed by atoms with Gasteiger partial charge in [0.05, 0.1) is 12.3 Å². The number of aryl methyl sites for hydroxylation is 2. The summed E-state index contributed by atoms with van der Waals surface area (Å²) >= 11 is 0. The number of hydrogen-bond acceptors (Lipinski definition) is 3. The lowest BCUT2D eigenvalue weighted by molar-refractivity contribution is 0.102. The zero-order valence-corrected chi connectivity index (χ0v) is 12.6. The highest BCUT2D eigenvalue weighted by atomic mass is 16.5. The van der Waals surface area contributed by atoms with E-state index < -0.39 is 0 Å². The average molecular weight is 284 g/mol. The van der Waals surface area contributed by atoms with Crippen LogP contribution in [-0.2, 0) is 0 Å². The summed E-state index contributed by atoms with van der Waals surface area (Å²) < 4.78 is 5.56. The monoisotopic (exact) mass is 284 g/mol. The van der Waals surface area contributed by atoms with Crippen molar-refractivity contribution in [2.75, 3.05) is 17.7 Å². The summed E-state index contributed by atoms with van der Waals surface area (Å²) in [6.07, 6.45) is 0. The fraction of sp³-hybridized carbons (Fsp3) is 0.235. The molecule has 110 valence electrons. The van der Waals surface area contributed by atoms with Gasteiger partial charge in [0.15, 0.2) is 0 Å². The van der Waals surface area contributed by atoms with Crippen molar-refractivity contribution in [1.82, 2.24) is 0 Å². The van der Waals surface area contributed by atoms with Crippen LogP contribution < -0.4 is 15.8 Å². The van der Waals surface area contributed by atoms with E-state index in [0.717, 1.165) is 11.1 Å². The minimum absolute atomic E-state index is 0.202. The molecule has 0 aliphatic heterocycles. The van der Waals surface area contributed by atoms with Crippen LogP contribution in [0, 0.1) is 13.8 Å². The number of nitrogens with one attached hydrogen (secondary N) is 1. The highest BCUT2D eigenvalue weighted by molar-refractivity contribution is 6.05. The summed E-state index contributed by atoms with van der Waals surface area (Å²) in [6.45, 7) is 6.34. The van der Waals surface area contributed by atoms with E-state index in [0.29, 0.717) is 29.3 Å². The van der Waals surface area contributed by atoms with E-state index in [2.05, 4.69) is 5.32 Å². The Morgan fingerprint density at radius 3 is 2.62 bits per heavy atom. The molecule has 2 rings (SSSR count). The van der Waals surface area contributed by atoms with Crippen molar-refractivity contribution in [3.8, 4) is 5.75 Å². The molecule has 0 radical (unpaired) electrons. The Hall–Kier alpha value is -2.49. The van der Waals surface area contributed by atoms with Crippen molar-refractivity contribution >= 4 is 17.3 Å². The topological polar surface area (TPSA) is 64.3 Å². The van der Waals surface area contributed by atoms with E-state index in [1.807, 2.05) is 45.0 Å². The minimum Gasteiger partial charge on any atom is -0.492 e. The molecule has 0 aliphatic carbocycles. The standard InChI is InChI=1S/C17H20N2O2/c1-4-21-16-9-11(2)5-8-15(16)19-17(20)13-7-6-12(3)14(18)10-13/h5-10H,4,18H2,1-3H3,(H,19,20). The molecule has 4 nitrogen and oxygen atoms in total. The molecule has 0 aliphatic rings. The molecule has 0 spiro atoms. The molecule has 0 saturated heterocycles. The largest absolute Gasteiger partial charge is 0.492 e. The van der Waals surface area contributed by atoms with Crippen molar-refractivity contribution in [2.45, 2.75) is 20.8 Å². The van der Waals surface area contributed by atoms with Crippen molar-refractivity contribution in [3.63, 3.8) is 0 Å². The van der Waals surface area contributed by atoms with Gasteiger partial charge in [-0.25, -0.2) is 0 Å². The van der Waals surface area contributed by atoms with Gasteiger partial charge in [-0.3, -0.25) is 4.79 Å². The summed E-state index contributed by atoms with van der Waals surface area (Å²) in [4.78, 5) is 12.3. The van der Waals surface area contributed by atoms with Crippen molar-refractivity contribution < 1.29 is 9.53 Å². The van der Waals surface area contributed by atoms with Gasteiger partial charge in [0, 0.05) is 11.3 Å². The number of amides is 1. The summed E-state index contributed by atoms with van der Waals surface area (Å²) in [5.41, 5.74) is 9.68. The number of hydrogen-bond donors (Lipinski definition) is 2. The van der Waals surface area contributed by atoms with Crippen LogP contribution in [0.5, 0.6) is 5.75 Å². The molecule has 0 saturated carbocycles. The van der Waals surface area contributed by atoms with Crippen LogP contribution in [-0.4, -0.2) is 12.5 Å². The maximum atomic E-state index is 12.3. The molecule has 21 heavy (non-hydrogen) atoms. The third-order valence-corrected chi connectivity index (χ3v) is 3.23. The van der Waals surface area contributed by atoms with Gasteiger partial charge in [-0.05, 0) is 56.2 Å². The Kier molecular flexibility index (Phi) is 4.48. The smallest absolute Gasteiger partial charge is 0.255 e. The molecule has 2 aromatic carbocycles. The van der Waals surface area contributed by atoms with E-state index in [-0.39, 0.29) is 5.91 Å². The van der Waals surface area contributed by atoms with E-state index in [4.69, 9.17) is 10.5 Å². The van der Waals surface area contributed by atoms with Crippen molar-refractivity contribution in [1.29, 1.82) is 0 Å². The zero-order chi connectivity index (χ0) is 15.4. The molecule has 2 aromatic rings. The molecular formula is C17H20N2O2. The number of anilines is 2. The number of benzene rings is 2. The number of nitrogen functional groups attached to an aromatic ring is 1. The Morgan fingerprint density at radius 2 is 1.95 bits per heavy atom. The molecule has 0 aromatic heterocycles. The molecular weight excluding hydrogens is 264 g/mol. The Labute approximate surface area is 124 Å². The fourth-order valence-corrected chi connectivity index (χ4v) is 1.98. The second kappa shape index (κ2) is 6.31. The lowest BCUT2D eigenvalue weighted by atomic mass is 10.1. The number of ether oxygens (including phenoxy) is 1. The van der Waals surface area contributed by atoms with Gasteiger partial charge < -0.3 is 15.8 Å². The highest BCUT2D eigenvalue weighted by Gasteiger charge is 2.11. The van der Waals surface area contributed by atoms with E-state index in [1.54, 1.807) is 12.1 Å². The van der Waals surface area contributed by atoms with Crippen LogP contribution in [0.3, 0.4) is 0 Å².